The molecule has 0 aliphatic rings. The molecule has 1 aromatic heterocycles. The summed E-state index contributed by atoms with van der Waals surface area (Å²) in [5.41, 5.74) is 1.63. The molecule has 1 amide bonds. The van der Waals surface area contributed by atoms with Crippen LogP contribution in [0, 0.1) is 0 Å². The first kappa shape index (κ1) is 35.3. The summed E-state index contributed by atoms with van der Waals surface area (Å²) in [6.45, 7) is 17.9. The number of unbranched alkanes of at least 4 members (excludes halogenated alkanes) is 3. The second-order valence-electron chi connectivity index (χ2n) is 14.0. The molecular formula is C35H52N2O6Si. The van der Waals surface area contributed by atoms with Crippen molar-refractivity contribution < 1.29 is 23.8 Å². The molecule has 0 radical (unpaired) electrons. The van der Waals surface area contributed by atoms with E-state index in [4.69, 9.17) is 13.9 Å². The van der Waals surface area contributed by atoms with E-state index in [9.17, 15) is 14.7 Å². The third kappa shape index (κ3) is 10.2. The van der Waals surface area contributed by atoms with Crippen LogP contribution in [0.25, 0.3) is 10.9 Å². The van der Waals surface area contributed by atoms with Crippen LogP contribution in [-0.4, -0.2) is 54.7 Å². The lowest BCUT2D eigenvalue weighted by molar-refractivity contribution is 0.0153. The van der Waals surface area contributed by atoms with Gasteiger partial charge in [0.25, 0.3) is 0 Å². The molecule has 3 rings (SSSR count). The Morgan fingerprint density at radius 1 is 0.932 bits per heavy atom. The summed E-state index contributed by atoms with van der Waals surface area (Å²) >= 11 is 0. The fraction of sp³-hybridized carbons (Fsp3) is 0.543. The molecule has 44 heavy (non-hydrogen) atoms. The summed E-state index contributed by atoms with van der Waals surface area (Å²) in [4.78, 5) is 30.8. The highest BCUT2D eigenvalue weighted by atomic mass is 28.4. The average molecular weight is 625 g/mol. The van der Waals surface area contributed by atoms with Crippen molar-refractivity contribution in [3.05, 3.63) is 76.1 Å². The predicted molar refractivity (Wildman–Crippen MR) is 180 cm³/mol. The van der Waals surface area contributed by atoms with E-state index < -0.39 is 20.0 Å². The van der Waals surface area contributed by atoms with E-state index in [2.05, 4.69) is 38.8 Å². The highest BCUT2D eigenvalue weighted by Crippen LogP contribution is 2.42. The van der Waals surface area contributed by atoms with Gasteiger partial charge in [-0.15, -0.1) is 0 Å². The number of hydrogen-bond donors (Lipinski definition) is 2. The zero-order valence-corrected chi connectivity index (χ0v) is 28.9. The van der Waals surface area contributed by atoms with Crippen LogP contribution in [0.4, 0.5) is 4.79 Å². The number of carbonyl (C=O) groups excluding carboxylic acids is 1. The van der Waals surface area contributed by atoms with E-state index in [-0.39, 0.29) is 23.3 Å². The monoisotopic (exact) mass is 624 g/mol. The number of nitrogens with one attached hydrogen (secondary N) is 1. The van der Waals surface area contributed by atoms with E-state index >= 15 is 0 Å². The van der Waals surface area contributed by atoms with Gasteiger partial charge in [0.15, 0.2) is 8.32 Å². The number of carbonyl (C=O) groups is 1. The standard InChI is InChI=1S/C35H52N2O6Si/c1-34(2,3)42-33(40)37(22-14-9-10-15-23-38)24-30(43-44(7,8)35(4,5)6)27-18-20-29(32-28(27)19-21-31(39)36-32)41-25-26-16-12-11-13-17-26/h11-13,16-21,30,38H,9-10,14-15,22-25H2,1-8H3,(H,36,39)/t30-/m0/s1. The summed E-state index contributed by atoms with van der Waals surface area (Å²) in [6, 6.07) is 17.1. The van der Waals surface area contributed by atoms with Crippen LogP contribution in [0.5, 0.6) is 5.75 Å². The molecule has 9 heteroatoms. The van der Waals surface area contributed by atoms with Crippen molar-refractivity contribution in [1.29, 1.82) is 0 Å². The number of nitrogens with zero attached hydrogens (tertiary/aromatic N) is 1. The van der Waals surface area contributed by atoms with Gasteiger partial charge in [-0.05, 0) is 75.0 Å². The molecule has 1 heterocycles. The van der Waals surface area contributed by atoms with E-state index in [1.54, 1.807) is 4.90 Å². The summed E-state index contributed by atoms with van der Waals surface area (Å²) in [6.07, 6.45) is 2.45. The van der Waals surface area contributed by atoms with Crippen LogP contribution in [0.2, 0.25) is 18.1 Å². The Hall–Kier alpha value is -3.14. The van der Waals surface area contributed by atoms with Gasteiger partial charge in [-0.2, -0.15) is 0 Å². The number of benzene rings is 2. The second kappa shape index (κ2) is 15.2. The number of rotatable bonds is 14. The van der Waals surface area contributed by atoms with Crippen LogP contribution in [0.1, 0.15) is 84.5 Å². The van der Waals surface area contributed by atoms with Gasteiger partial charge in [-0.3, -0.25) is 4.79 Å². The summed E-state index contributed by atoms with van der Waals surface area (Å²) in [7, 11) is -2.33. The number of aromatic amines is 1. The van der Waals surface area contributed by atoms with Crippen LogP contribution in [0.3, 0.4) is 0 Å². The van der Waals surface area contributed by atoms with Crippen molar-refractivity contribution in [2.45, 2.75) is 104 Å². The molecule has 0 unspecified atom stereocenters. The Bertz CT molecular complexity index is 1410. The van der Waals surface area contributed by atoms with Gasteiger partial charge in [0, 0.05) is 24.6 Å². The number of ether oxygens (including phenoxy) is 2. The second-order valence-corrected chi connectivity index (χ2v) is 18.7. The lowest BCUT2D eigenvalue weighted by Crippen LogP contribution is -2.46. The van der Waals surface area contributed by atoms with Gasteiger partial charge >= 0.3 is 6.09 Å². The van der Waals surface area contributed by atoms with Crippen molar-refractivity contribution in [3.63, 3.8) is 0 Å². The fourth-order valence-electron chi connectivity index (χ4n) is 4.67. The van der Waals surface area contributed by atoms with Crippen molar-refractivity contribution >= 4 is 25.3 Å². The highest BCUT2D eigenvalue weighted by Gasteiger charge is 2.40. The summed E-state index contributed by atoms with van der Waals surface area (Å²) in [5, 5.41) is 9.93. The molecule has 0 fully saturated rings. The minimum Gasteiger partial charge on any atom is -0.487 e. The van der Waals surface area contributed by atoms with Gasteiger partial charge in [-0.1, -0.05) is 70.0 Å². The molecule has 0 bridgehead atoms. The predicted octanol–water partition coefficient (Wildman–Crippen LogP) is 7.96. The zero-order chi connectivity index (χ0) is 32.5. The number of hydrogen-bond acceptors (Lipinski definition) is 6. The molecule has 1 atom stereocenters. The first-order chi connectivity index (χ1) is 20.6. The maximum Gasteiger partial charge on any atom is 0.410 e. The van der Waals surface area contributed by atoms with Gasteiger partial charge in [-0.25, -0.2) is 4.79 Å². The zero-order valence-electron chi connectivity index (χ0n) is 27.9. The average Bonchev–Trinajstić information content (AvgIpc) is 2.93. The van der Waals surface area contributed by atoms with E-state index in [1.807, 2.05) is 69.3 Å². The first-order valence-electron chi connectivity index (χ1n) is 15.7. The third-order valence-corrected chi connectivity index (χ3v) is 12.6. The molecule has 0 saturated heterocycles. The smallest absolute Gasteiger partial charge is 0.410 e. The summed E-state index contributed by atoms with van der Waals surface area (Å²) < 4.78 is 19.1. The molecule has 2 aromatic carbocycles. The summed E-state index contributed by atoms with van der Waals surface area (Å²) in [5.74, 6) is 0.573. The fourth-order valence-corrected chi connectivity index (χ4v) is 5.93. The number of amides is 1. The minimum absolute atomic E-state index is 0.0743. The molecule has 242 valence electrons. The van der Waals surface area contributed by atoms with E-state index in [0.29, 0.717) is 31.0 Å². The molecule has 0 spiro atoms. The Morgan fingerprint density at radius 3 is 2.25 bits per heavy atom. The topological polar surface area (TPSA) is 101 Å². The molecule has 0 aliphatic carbocycles. The Morgan fingerprint density at radius 2 is 1.61 bits per heavy atom. The quantitative estimate of drug-likeness (QED) is 0.139. The maximum atomic E-state index is 13.5. The lowest BCUT2D eigenvalue weighted by atomic mass is 10.0. The number of aliphatic hydroxyl groups is 1. The van der Waals surface area contributed by atoms with Crippen molar-refractivity contribution in [1.82, 2.24) is 9.88 Å². The van der Waals surface area contributed by atoms with Gasteiger partial charge in [0.2, 0.25) is 5.56 Å². The van der Waals surface area contributed by atoms with Gasteiger partial charge in [0.1, 0.15) is 18.0 Å². The van der Waals surface area contributed by atoms with Crippen molar-refractivity contribution in [3.8, 4) is 5.75 Å². The largest absolute Gasteiger partial charge is 0.487 e. The van der Waals surface area contributed by atoms with E-state index in [1.165, 1.54) is 6.07 Å². The number of pyridine rings is 1. The molecule has 0 saturated carbocycles. The Kier molecular flexibility index (Phi) is 12.2. The van der Waals surface area contributed by atoms with Gasteiger partial charge in [0.05, 0.1) is 18.2 Å². The third-order valence-electron chi connectivity index (χ3n) is 8.09. The lowest BCUT2D eigenvalue weighted by Gasteiger charge is -2.41. The van der Waals surface area contributed by atoms with Crippen molar-refractivity contribution in [2.75, 3.05) is 19.7 Å². The number of fused-ring (bicyclic) bond motifs is 1. The molecule has 8 nitrogen and oxygen atoms in total. The van der Waals surface area contributed by atoms with Crippen LogP contribution < -0.4 is 10.3 Å². The molecular weight excluding hydrogens is 572 g/mol. The Labute approximate surface area is 263 Å². The molecule has 0 aliphatic heterocycles. The van der Waals surface area contributed by atoms with Crippen molar-refractivity contribution in [2.24, 2.45) is 0 Å². The maximum absolute atomic E-state index is 13.5. The van der Waals surface area contributed by atoms with Crippen LogP contribution >= 0.6 is 0 Å². The van der Waals surface area contributed by atoms with Gasteiger partial charge < -0.3 is 28.9 Å². The molecule has 3 aromatic rings. The number of H-pyrrole nitrogens is 1. The SMILES string of the molecule is CC(C)(C)OC(=O)N(CCCCCCO)C[C@H](O[Si](C)(C)C(C)(C)C)c1ccc(OCc2ccccc2)c2[nH]c(=O)ccc12. The highest BCUT2D eigenvalue weighted by molar-refractivity contribution is 6.74. The number of aliphatic hydroxyl groups excluding tert-OH is 1. The minimum atomic E-state index is -2.33. The van der Waals surface area contributed by atoms with Crippen LogP contribution in [0.15, 0.2) is 59.4 Å². The van der Waals surface area contributed by atoms with E-state index in [0.717, 1.165) is 42.2 Å². The normalized spacial score (nSPS) is 13.1. The first-order valence-corrected chi connectivity index (χ1v) is 18.6. The van der Waals surface area contributed by atoms with Crippen LogP contribution in [-0.2, 0) is 15.8 Å². The number of aromatic nitrogens is 1. The molecule has 2 N–H and O–H groups in total. The Balaban J connectivity index is 2.05.